The van der Waals surface area contributed by atoms with Crippen molar-refractivity contribution < 1.29 is 14.4 Å². The Morgan fingerprint density at radius 1 is 0.875 bits per heavy atom. The highest BCUT2D eigenvalue weighted by Crippen LogP contribution is 2.29. The zero-order chi connectivity index (χ0) is 28.2. The summed E-state index contributed by atoms with van der Waals surface area (Å²) in [7, 11) is 0. The number of fused-ring (bicyclic) bond motifs is 1. The van der Waals surface area contributed by atoms with Crippen LogP contribution in [-0.2, 0) is 4.79 Å². The first-order chi connectivity index (χ1) is 19.3. The van der Waals surface area contributed by atoms with Crippen molar-refractivity contribution in [1.82, 2.24) is 5.32 Å². The largest absolute Gasteiger partial charge is 0.321 e. The van der Waals surface area contributed by atoms with Gasteiger partial charge in [-0.15, -0.1) is 0 Å². The van der Waals surface area contributed by atoms with Crippen molar-refractivity contribution in [2.45, 2.75) is 20.0 Å². The molecule has 1 atom stereocenters. The van der Waals surface area contributed by atoms with Gasteiger partial charge in [-0.3, -0.25) is 9.59 Å². The maximum Gasteiger partial charge on any atom is 0.321 e. The number of benzene rings is 4. The highest BCUT2D eigenvalue weighted by molar-refractivity contribution is 6.31. The molecular weight excluding hydrogens is 524 g/mol. The number of nitrogens with one attached hydrogen (secondary N) is 2. The Morgan fingerprint density at radius 2 is 1.57 bits per heavy atom. The Morgan fingerprint density at radius 3 is 2.35 bits per heavy atom. The Labute approximate surface area is 237 Å². The Balaban J connectivity index is 1.55. The van der Waals surface area contributed by atoms with Crippen LogP contribution in [0.25, 0.3) is 0 Å². The molecule has 0 unspecified atom stereocenters. The second-order valence-corrected chi connectivity index (χ2v) is 9.84. The lowest BCUT2D eigenvalue weighted by Crippen LogP contribution is -2.50. The molecule has 0 fully saturated rings. The van der Waals surface area contributed by atoms with Crippen LogP contribution in [0.2, 0.25) is 5.02 Å². The topological polar surface area (TPSA) is 90.9 Å². The van der Waals surface area contributed by atoms with Gasteiger partial charge in [0.1, 0.15) is 0 Å². The fourth-order valence-electron chi connectivity index (χ4n) is 4.65. The maximum absolute atomic E-state index is 14.0. The molecule has 0 radical (unpaired) electrons. The number of hydrogen-bond donors (Lipinski definition) is 2. The molecule has 4 aromatic rings. The van der Waals surface area contributed by atoms with Gasteiger partial charge >= 0.3 is 6.03 Å². The Kier molecular flexibility index (Phi) is 7.75. The van der Waals surface area contributed by atoms with Crippen molar-refractivity contribution in [2.75, 3.05) is 16.8 Å². The summed E-state index contributed by atoms with van der Waals surface area (Å²) < 4.78 is 0. The minimum atomic E-state index is -1.30. The van der Waals surface area contributed by atoms with E-state index in [-0.39, 0.29) is 12.3 Å². The number of Topliss-reactive ketones (excluding diaryl/α,β-unsaturated/α-hetero) is 1. The Bertz CT molecular complexity index is 1630. The summed E-state index contributed by atoms with van der Waals surface area (Å²) in [5, 5.41) is 5.98. The van der Waals surface area contributed by atoms with Gasteiger partial charge < -0.3 is 15.5 Å². The van der Waals surface area contributed by atoms with E-state index in [2.05, 4.69) is 10.6 Å². The van der Waals surface area contributed by atoms with Gasteiger partial charge in [0.05, 0.1) is 17.9 Å². The van der Waals surface area contributed by atoms with Crippen LogP contribution >= 0.6 is 11.6 Å². The summed E-state index contributed by atoms with van der Waals surface area (Å²) in [5.41, 5.74) is 5.05. The molecule has 1 heterocycles. The van der Waals surface area contributed by atoms with Gasteiger partial charge in [0, 0.05) is 27.4 Å². The molecule has 1 aliphatic rings. The van der Waals surface area contributed by atoms with Crippen molar-refractivity contribution in [2.24, 2.45) is 4.99 Å². The van der Waals surface area contributed by atoms with Crippen LogP contribution in [-0.4, -0.2) is 36.1 Å². The van der Waals surface area contributed by atoms with Gasteiger partial charge in [-0.25, -0.2) is 9.79 Å². The third kappa shape index (κ3) is 5.51. The number of nitrogens with zero attached hydrogens (tertiary/aromatic N) is 2. The number of rotatable bonds is 6. The molecule has 0 aromatic heterocycles. The van der Waals surface area contributed by atoms with Crippen molar-refractivity contribution in [3.05, 3.63) is 130 Å². The zero-order valence-corrected chi connectivity index (χ0v) is 22.8. The molecule has 3 amide bonds. The fraction of sp³-hybridized carbons (Fsp3) is 0.125. The number of benzodiazepines with no additional fused rings is 1. The third-order valence-corrected chi connectivity index (χ3v) is 7.20. The summed E-state index contributed by atoms with van der Waals surface area (Å²) >= 11 is 6.22. The lowest BCUT2D eigenvalue weighted by molar-refractivity contribution is -0.120. The number of amides is 3. The number of carbonyl (C=O) groups excluding carboxylic acids is 3. The smallest absolute Gasteiger partial charge is 0.308 e. The van der Waals surface area contributed by atoms with E-state index in [4.69, 9.17) is 16.6 Å². The molecule has 0 bridgehead atoms. The number of hydrogen-bond acceptors (Lipinski definition) is 4. The average molecular weight is 551 g/mol. The normalized spacial score (nSPS) is 14.6. The predicted octanol–water partition coefficient (Wildman–Crippen LogP) is 6.17. The van der Waals surface area contributed by atoms with Gasteiger partial charge in [-0.05, 0) is 43.2 Å². The highest BCUT2D eigenvalue weighted by Gasteiger charge is 2.34. The predicted molar refractivity (Wildman–Crippen MR) is 159 cm³/mol. The van der Waals surface area contributed by atoms with E-state index in [1.54, 1.807) is 43.3 Å². The highest BCUT2D eigenvalue weighted by atomic mass is 35.5. The van der Waals surface area contributed by atoms with E-state index in [1.807, 2.05) is 67.6 Å². The van der Waals surface area contributed by atoms with Gasteiger partial charge in [-0.1, -0.05) is 90.5 Å². The van der Waals surface area contributed by atoms with Crippen LogP contribution in [0, 0.1) is 13.8 Å². The number of para-hydroxylation sites is 1. The third-order valence-electron chi connectivity index (χ3n) is 6.79. The molecule has 2 N–H and O–H groups in total. The van der Waals surface area contributed by atoms with Crippen LogP contribution < -0.4 is 15.5 Å². The molecule has 0 saturated carbocycles. The molecule has 8 heteroatoms. The SMILES string of the molecule is Cc1ccccc1C(=O)CN1C(=O)[C@@H](NC(=O)Nc2cccc(Cl)c2C)N=C(c2ccccc2)c2ccccc21. The van der Waals surface area contributed by atoms with E-state index in [1.165, 1.54) is 4.90 Å². The number of aliphatic imine (C=N–C) groups is 1. The van der Waals surface area contributed by atoms with Gasteiger partial charge in [0.2, 0.25) is 6.17 Å². The molecule has 40 heavy (non-hydrogen) atoms. The standard InChI is InChI=1S/C32H27ClN4O3/c1-20-11-6-7-14-23(20)28(38)19-37-27-18-9-8-15-24(27)29(22-12-4-3-5-13-22)35-30(31(37)39)36-32(40)34-26-17-10-16-25(33)21(26)2/h3-18,30H,19H2,1-2H3,(H2,34,36,40)/t30-/m1/s1. The minimum Gasteiger partial charge on any atom is -0.308 e. The lowest BCUT2D eigenvalue weighted by Gasteiger charge is -2.25. The first-order valence-corrected chi connectivity index (χ1v) is 13.2. The lowest BCUT2D eigenvalue weighted by atomic mass is 9.99. The number of halogens is 1. The molecular formula is C32H27ClN4O3. The molecule has 200 valence electrons. The van der Waals surface area contributed by atoms with E-state index in [0.29, 0.717) is 38.8 Å². The van der Waals surface area contributed by atoms with Crippen LogP contribution in [0.3, 0.4) is 0 Å². The maximum atomic E-state index is 14.0. The molecule has 1 aliphatic heterocycles. The molecule has 7 nitrogen and oxygen atoms in total. The fourth-order valence-corrected chi connectivity index (χ4v) is 4.83. The number of aryl methyl sites for hydroxylation is 1. The van der Waals surface area contributed by atoms with Crippen molar-refractivity contribution in [1.29, 1.82) is 0 Å². The van der Waals surface area contributed by atoms with Crippen LogP contribution in [0.15, 0.2) is 102 Å². The van der Waals surface area contributed by atoms with Gasteiger partial charge in [-0.2, -0.15) is 0 Å². The minimum absolute atomic E-state index is 0.217. The van der Waals surface area contributed by atoms with E-state index >= 15 is 0 Å². The number of anilines is 2. The summed E-state index contributed by atoms with van der Waals surface area (Å²) in [5.74, 6) is -0.750. The van der Waals surface area contributed by atoms with E-state index in [9.17, 15) is 14.4 Å². The Hall–Kier alpha value is -4.75. The zero-order valence-electron chi connectivity index (χ0n) is 22.0. The van der Waals surface area contributed by atoms with E-state index < -0.39 is 18.1 Å². The first-order valence-electron chi connectivity index (χ1n) is 12.8. The van der Waals surface area contributed by atoms with Crippen molar-refractivity contribution in [3.63, 3.8) is 0 Å². The van der Waals surface area contributed by atoms with Crippen molar-refractivity contribution >= 4 is 46.4 Å². The van der Waals surface area contributed by atoms with Gasteiger partial charge in [0.25, 0.3) is 5.91 Å². The molecule has 4 aromatic carbocycles. The molecule has 0 aliphatic carbocycles. The number of ketones is 1. The molecule has 0 spiro atoms. The quantitative estimate of drug-likeness (QED) is 0.281. The monoisotopic (exact) mass is 550 g/mol. The van der Waals surface area contributed by atoms with Crippen molar-refractivity contribution in [3.8, 4) is 0 Å². The van der Waals surface area contributed by atoms with Crippen LogP contribution in [0.4, 0.5) is 16.2 Å². The summed E-state index contributed by atoms with van der Waals surface area (Å²) in [6.45, 7) is 3.43. The van der Waals surface area contributed by atoms with Crippen LogP contribution in [0.1, 0.15) is 32.6 Å². The summed E-state index contributed by atoms with van der Waals surface area (Å²) in [6, 6.07) is 28.5. The second-order valence-electron chi connectivity index (χ2n) is 9.44. The molecule has 0 saturated heterocycles. The number of urea groups is 1. The van der Waals surface area contributed by atoms with E-state index in [0.717, 1.165) is 11.1 Å². The first kappa shape index (κ1) is 26.8. The number of carbonyl (C=O) groups is 3. The van der Waals surface area contributed by atoms with Crippen LogP contribution in [0.5, 0.6) is 0 Å². The summed E-state index contributed by atoms with van der Waals surface area (Å²) in [4.78, 5) is 46.8. The molecule has 5 rings (SSSR count). The second kappa shape index (κ2) is 11.6. The average Bonchev–Trinajstić information content (AvgIpc) is 3.07. The van der Waals surface area contributed by atoms with Gasteiger partial charge in [0.15, 0.2) is 5.78 Å². The summed E-state index contributed by atoms with van der Waals surface area (Å²) in [6.07, 6.45) is -1.30.